The average molecular weight is 355 g/mol. The average Bonchev–Trinajstić information content (AvgIpc) is 2.83. The summed E-state index contributed by atoms with van der Waals surface area (Å²) in [6.07, 6.45) is 6.23. The van der Waals surface area contributed by atoms with Crippen LogP contribution in [-0.2, 0) is 15.1 Å². The van der Waals surface area contributed by atoms with E-state index in [1.807, 2.05) is 0 Å². The molecule has 3 amide bonds. The molecule has 3 rings (SSSR count). The molecule has 2 saturated heterocycles. The van der Waals surface area contributed by atoms with Gasteiger partial charge in [0.15, 0.2) is 0 Å². The number of rotatable bonds is 3. The van der Waals surface area contributed by atoms with Gasteiger partial charge in [0, 0.05) is 13.1 Å². The van der Waals surface area contributed by atoms with Crippen molar-refractivity contribution in [3.63, 3.8) is 0 Å². The van der Waals surface area contributed by atoms with Crippen molar-refractivity contribution in [1.29, 1.82) is 0 Å². The number of nitrogens with one attached hydrogen (secondary N) is 1. The molecule has 3 aliphatic rings. The van der Waals surface area contributed by atoms with E-state index in [-0.39, 0.29) is 35.6 Å². The van der Waals surface area contributed by atoms with Gasteiger partial charge in [-0.05, 0) is 25.2 Å². The van der Waals surface area contributed by atoms with E-state index in [2.05, 4.69) is 5.32 Å². The number of nitrogens with zero attached hydrogens (tertiary/aromatic N) is 2. The summed E-state index contributed by atoms with van der Waals surface area (Å²) in [6, 6.07) is -1.70. The van der Waals surface area contributed by atoms with Crippen LogP contribution in [0.15, 0.2) is 0 Å². The summed E-state index contributed by atoms with van der Waals surface area (Å²) < 4.78 is 31.7. The topological polar surface area (TPSA) is 107 Å². The zero-order chi connectivity index (χ0) is 15.9. The van der Waals surface area contributed by atoms with E-state index in [1.54, 1.807) is 0 Å². The maximum atomic E-state index is 12.2. The number of β-lactam (4-membered cyclic amide) rings is 1. The van der Waals surface area contributed by atoms with E-state index in [1.165, 1.54) is 24.2 Å². The summed E-state index contributed by atoms with van der Waals surface area (Å²) in [5.41, 5.74) is 0. The van der Waals surface area contributed by atoms with Crippen molar-refractivity contribution in [3.05, 3.63) is 0 Å². The van der Waals surface area contributed by atoms with Gasteiger partial charge in [0.25, 0.3) is 5.91 Å². The Balaban J connectivity index is 0.00000192. The van der Waals surface area contributed by atoms with E-state index in [0.717, 1.165) is 12.8 Å². The molecule has 1 aliphatic carbocycles. The number of carbonyl (C=O) groups is 2. The van der Waals surface area contributed by atoms with Gasteiger partial charge < -0.3 is 10.2 Å². The summed E-state index contributed by atoms with van der Waals surface area (Å²) in [6.45, 7) is 0.923. The predicted octanol–water partition coefficient (Wildman–Crippen LogP) is -0.284. The van der Waals surface area contributed by atoms with Crippen molar-refractivity contribution >= 4 is 51.8 Å². The first-order valence-electron chi connectivity index (χ1n) is 7.75. The minimum atomic E-state index is -4.52. The molecule has 0 unspecified atom stereocenters. The molecular weight excluding hydrogens is 333 g/mol. The minimum absolute atomic E-state index is 0. The molecular formula is C13H22N3NaO5S. The number of hydrogen-bond donors (Lipinski definition) is 2. The van der Waals surface area contributed by atoms with Crippen LogP contribution in [0.2, 0.25) is 0 Å². The van der Waals surface area contributed by atoms with Crippen LogP contribution in [0.1, 0.15) is 38.5 Å². The van der Waals surface area contributed by atoms with Gasteiger partial charge in [-0.25, -0.2) is 9.10 Å². The van der Waals surface area contributed by atoms with Crippen LogP contribution in [0, 0.1) is 5.92 Å². The molecule has 0 bridgehead atoms. The molecule has 1 saturated carbocycles. The molecule has 126 valence electrons. The second-order valence-electron chi connectivity index (χ2n) is 6.30. The molecule has 8 nitrogen and oxygen atoms in total. The Hall–Kier alpha value is -0.350. The molecule has 23 heavy (non-hydrogen) atoms. The van der Waals surface area contributed by atoms with E-state index in [4.69, 9.17) is 4.55 Å². The molecule has 10 heteroatoms. The molecule has 2 aliphatic heterocycles. The van der Waals surface area contributed by atoms with Crippen molar-refractivity contribution < 1.29 is 22.6 Å². The van der Waals surface area contributed by atoms with E-state index in [9.17, 15) is 18.0 Å². The number of fused-ring (bicyclic) bond motifs is 1. The number of hydrogen-bond acceptors (Lipinski definition) is 4. The molecule has 3 fully saturated rings. The number of carbonyl (C=O) groups excluding carboxylic acids is 2. The third-order valence-corrected chi connectivity index (χ3v) is 5.86. The first-order chi connectivity index (χ1) is 10.4. The SMILES string of the molecule is O=C(NCC1CCCCC1)N1CC[C@@H]2[C@H]1C(=O)N2S(=O)(=O)O.[NaH]. The predicted molar refractivity (Wildman–Crippen MR) is 84.4 cm³/mol. The summed E-state index contributed by atoms with van der Waals surface area (Å²) in [4.78, 5) is 25.5. The number of likely N-dealkylation sites (tertiary alicyclic amines) is 1. The summed E-state index contributed by atoms with van der Waals surface area (Å²) in [7, 11) is -4.52. The maximum absolute atomic E-state index is 12.2. The molecule has 0 aromatic carbocycles. The standard InChI is InChI=1S/C13H21N3O5S.Na.H/c17-12-11-10(16(12)22(19,20)21)6-7-15(11)13(18)14-8-9-4-2-1-3-5-9;;/h9-11H,1-8H2,(H,14,18)(H,19,20,21);;/t10-,11+;;/m1../s1. The Bertz CT molecular complexity index is 578. The molecule has 0 radical (unpaired) electrons. The first-order valence-corrected chi connectivity index (χ1v) is 9.14. The van der Waals surface area contributed by atoms with Gasteiger partial charge in [0.05, 0.1) is 6.04 Å². The number of amides is 3. The second-order valence-corrected chi connectivity index (χ2v) is 7.59. The molecule has 0 aromatic rings. The fourth-order valence-corrected chi connectivity index (χ4v) is 4.67. The third kappa shape index (κ3) is 3.68. The van der Waals surface area contributed by atoms with Crippen LogP contribution in [0.5, 0.6) is 0 Å². The van der Waals surface area contributed by atoms with E-state index >= 15 is 0 Å². The van der Waals surface area contributed by atoms with Gasteiger partial charge in [-0.2, -0.15) is 8.42 Å². The van der Waals surface area contributed by atoms with Gasteiger partial charge in [-0.15, -0.1) is 0 Å². The van der Waals surface area contributed by atoms with Crippen molar-refractivity contribution in [3.8, 4) is 0 Å². The van der Waals surface area contributed by atoms with Crippen molar-refractivity contribution in [2.45, 2.75) is 50.6 Å². The van der Waals surface area contributed by atoms with Gasteiger partial charge in [-0.1, -0.05) is 19.3 Å². The van der Waals surface area contributed by atoms with Gasteiger partial charge >= 0.3 is 45.9 Å². The normalized spacial score (nSPS) is 28.0. The first kappa shape index (κ1) is 19.0. The van der Waals surface area contributed by atoms with Crippen LogP contribution >= 0.6 is 0 Å². The quantitative estimate of drug-likeness (QED) is 0.411. The van der Waals surface area contributed by atoms with Gasteiger partial charge in [-0.3, -0.25) is 9.35 Å². The summed E-state index contributed by atoms with van der Waals surface area (Å²) >= 11 is 0. The fourth-order valence-electron chi connectivity index (χ4n) is 3.77. The monoisotopic (exact) mass is 355 g/mol. The Morgan fingerprint density at radius 2 is 1.87 bits per heavy atom. The number of urea groups is 1. The van der Waals surface area contributed by atoms with Crippen molar-refractivity contribution in [2.75, 3.05) is 13.1 Å². The third-order valence-electron chi connectivity index (χ3n) is 4.91. The van der Waals surface area contributed by atoms with Crippen molar-refractivity contribution in [1.82, 2.24) is 14.5 Å². The van der Waals surface area contributed by atoms with Crippen LogP contribution in [-0.4, -0.2) is 88.8 Å². The Morgan fingerprint density at radius 1 is 1.22 bits per heavy atom. The van der Waals surface area contributed by atoms with Gasteiger partial charge in [0.1, 0.15) is 6.04 Å². The fraction of sp³-hybridized carbons (Fsp3) is 0.846. The van der Waals surface area contributed by atoms with Crippen LogP contribution < -0.4 is 5.32 Å². The van der Waals surface area contributed by atoms with Crippen molar-refractivity contribution in [2.24, 2.45) is 5.92 Å². The van der Waals surface area contributed by atoms with Crippen LogP contribution in [0.25, 0.3) is 0 Å². The van der Waals surface area contributed by atoms with E-state index in [0.29, 0.717) is 29.7 Å². The Morgan fingerprint density at radius 3 is 2.48 bits per heavy atom. The second kappa shape index (κ2) is 7.26. The zero-order valence-corrected chi connectivity index (χ0v) is 13.1. The Labute approximate surface area is 158 Å². The summed E-state index contributed by atoms with van der Waals surface area (Å²) in [5, 5.41) is 2.86. The van der Waals surface area contributed by atoms with Crippen LogP contribution in [0.3, 0.4) is 0 Å². The van der Waals surface area contributed by atoms with Crippen LogP contribution in [0.4, 0.5) is 4.79 Å². The molecule has 2 atom stereocenters. The molecule has 2 N–H and O–H groups in total. The zero-order valence-electron chi connectivity index (χ0n) is 12.3. The van der Waals surface area contributed by atoms with E-state index < -0.39 is 28.3 Å². The van der Waals surface area contributed by atoms with Gasteiger partial charge in [0.2, 0.25) is 0 Å². The molecule has 2 heterocycles. The summed E-state index contributed by atoms with van der Waals surface area (Å²) in [5.74, 6) is -0.236. The molecule has 0 aromatic heterocycles. The molecule has 0 spiro atoms. The Kier molecular flexibility index (Phi) is 5.99.